The van der Waals surface area contributed by atoms with Gasteiger partial charge in [-0.3, -0.25) is 9.69 Å². The molecule has 0 aliphatic carbocycles. The van der Waals surface area contributed by atoms with Crippen LogP contribution in [0.15, 0.2) is 53.4 Å². The predicted molar refractivity (Wildman–Crippen MR) is 104 cm³/mol. The topological polar surface area (TPSA) is 23.6 Å². The number of amides is 1. The van der Waals surface area contributed by atoms with E-state index in [0.717, 1.165) is 38.2 Å². The van der Waals surface area contributed by atoms with Crippen LogP contribution in [0, 0.1) is 0 Å². The van der Waals surface area contributed by atoms with Gasteiger partial charge < -0.3 is 4.90 Å². The molecule has 0 bridgehead atoms. The molecule has 0 fully saturated rings. The highest BCUT2D eigenvalue weighted by atomic mass is 32.2. The quantitative estimate of drug-likeness (QED) is 0.817. The van der Waals surface area contributed by atoms with Crippen LogP contribution in [0.3, 0.4) is 0 Å². The Labute approximate surface area is 154 Å². The number of rotatable bonds is 2. The Morgan fingerprint density at radius 1 is 1.08 bits per heavy atom. The third-order valence-electron chi connectivity index (χ3n) is 5.11. The summed E-state index contributed by atoms with van der Waals surface area (Å²) < 4.78 is 0. The zero-order valence-corrected chi connectivity index (χ0v) is 15.5. The molecule has 0 N–H and O–H groups in total. The SMILES string of the molecule is C[C@H]1CCN(C(=O)CN2CCc3ccccc3C2)c2ccccc2S1. The van der Waals surface area contributed by atoms with Crippen molar-refractivity contribution in [1.29, 1.82) is 0 Å². The van der Waals surface area contributed by atoms with E-state index in [-0.39, 0.29) is 5.91 Å². The maximum absolute atomic E-state index is 13.1. The fourth-order valence-electron chi connectivity index (χ4n) is 3.71. The Morgan fingerprint density at radius 2 is 1.84 bits per heavy atom. The van der Waals surface area contributed by atoms with Crippen LogP contribution in [0.25, 0.3) is 0 Å². The van der Waals surface area contributed by atoms with E-state index in [4.69, 9.17) is 0 Å². The molecule has 0 unspecified atom stereocenters. The normalized spacial score (nSPS) is 20.5. The van der Waals surface area contributed by atoms with Crippen LogP contribution in [0.5, 0.6) is 0 Å². The van der Waals surface area contributed by atoms with Gasteiger partial charge in [0.15, 0.2) is 0 Å². The Bertz CT molecular complexity index is 776. The highest BCUT2D eigenvalue weighted by Crippen LogP contribution is 2.37. The van der Waals surface area contributed by atoms with Crippen molar-refractivity contribution in [3.8, 4) is 0 Å². The fraction of sp³-hybridized carbons (Fsp3) is 0.381. The lowest BCUT2D eigenvalue weighted by atomic mass is 10.00. The lowest BCUT2D eigenvalue weighted by Gasteiger charge is -2.31. The molecule has 3 nitrogen and oxygen atoms in total. The summed E-state index contributed by atoms with van der Waals surface area (Å²) in [6, 6.07) is 16.9. The molecule has 4 rings (SSSR count). The average molecular weight is 353 g/mol. The van der Waals surface area contributed by atoms with Crippen molar-refractivity contribution < 1.29 is 4.79 Å². The van der Waals surface area contributed by atoms with E-state index >= 15 is 0 Å². The van der Waals surface area contributed by atoms with Gasteiger partial charge in [-0.1, -0.05) is 43.3 Å². The van der Waals surface area contributed by atoms with Gasteiger partial charge in [-0.05, 0) is 36.1 Å². The van der Waals surface area contributed by atoms with Crippen molar-refractivity contribution >= 4 is 23.4 Å². The smallest absolute Gasteiger partial charge is 0.241 e. The van der Waals surface area contributed by atoms with E-state index in [1.54, 1.807) is 0 Å². The molecule has 25 heavy (non-hydrogen) atoms. The summed E-state index contributed by atoms with van der Waals surface area (Å²) in [4.78, 5) is 18.6. The zero-order chi connectivity index (χ0) is 17.2. The second-order valence-corrected chi connectivity index (χ2v) is 8.44. The molecule has 2 aromatic carbocycles. The van der Waals surface area contributed by atoms with E-state index in [2.05, 4.69) is 54.3 Å². The van der Waals surface area contributed by atoms with E-state index in [0.29, 0.717) is 11.8 Å². The largest absolute Gasteiger partial charge is 0.310 e. The van der Waals surface area contributed by atoms with Crippen LogP contribution in [-0.2, 0) is 17.8 Å². The molecule has 1 amide bonds. The molecule has 4 heteroatoms. The summed E-state index contributed by atoms with van der Waals surface area (Å²) in [5.41, 5.74) is 3.87. The highest BCUT2D eigenvalue weighted by Gasteiger charge is 2.26. The Hall–Kier alpha value is -1.78. The van der Waals surface area contributed by atoms with Gasteiger partial charge in [0, 0.05) is 29.8 Å². The van der Waals surface area contributed by atoms with Gasteiger partial charge in [-0.2, -0.15) is 0 Å². The molecule has 0 spiro atoms. The minimum absolute atomic E-state index is 0.224. The number of benzene rings is 2. The van der Waals surface area contributed by atoms with E-state index < -0.39 is 0 Å². The number of carbonyl (C=O) groups excluding carboxylic acids is 1. The van der Waals surface area contributed by atoms with Crippen LogP contribution in [0.2, 0.25) is 0 Å². The molecule has 0 saturated carbocycles. The third kappa shape index (κ3) is 3.60. The molecule has 0 aromatic heterocycles. The molecule has 130 valence electrons. The maximum atomic E-state index is 13.1. The van der Waals surface area contributed by atoms with Gasteiger partial charge in [-0.15, -0.1) is 11.8 Å². The van der Waals surface area contributed by atoms with E-state index in [1.165, 1.54) is 16.0 Å². The second kappa shape index (κ2) is 7.22. The zero-order valence-electron chi connectivity index (χ0n) is 14.6. The van der Waals surface area contributed by atoms with Crippen LogP contribution >= 0.6 is 11.8 Å². The molecule has 2 aliphatic rings. The number of anilines is 1. The molecule has 1 atom stereocenters. The third-order valence-corrected chi connectivity index (χ3v) is 6.35. The lowest BCUT2D eigenvalue weighted by molar-refractivity contribution is -0.120. The lowest BCUT2D eigenvalue weighted by Crippen LogP contribution is -2.42. The fourth-order valence-corrected chi connectivity index (χ4v) is 4.82. The van der Waals surface area contributed by atoms with Gasteiger partial charge in [0.05, 0.1) is 12.2 Å². The molecular formula is C21H24N2OS. The molecule has 0 radical (unpaired) electrons. The Balaban J connectivity index is 1.50. The summed E-state index contributed by atoms with van der Waals surface area (Å²) in [5.74, 6) is 0.224. The van der Waals surface area contributed by atoms with Crippen molar-refractivity contribution in [1.82, 2.24) is 4.90 Å². The summed E-state index contributed by atoms with van der Waals surface area (Å²) in [6.07, 6.45) is 2.07. The second-order valence-electron chi connectivity index (χ2n) is 6.96. The number of hydrogen-bond acceptors (Lipinski definition) is 3. The minimum atomic E-state index is 0.224. The van der Waals surface area contributed by atoms with Crippen LogP contribution in [0.1, 0.15) is 24.5 Å². The van der Waals surface area contributed by atoms with Gasteiger partial charge in [0.25, 0.3) is 0 Å². The number of hydrogen-bond donors (Lipinski definition) is 0. The van der Waals surface area contributed by atoms with Gasteiger partial charge in [0.2, 0.25) is 5.91 Å². The molecule has 2 aliphatic heterocycles. The van der Waals surface area contributed by atoms with Crippen LogP contribution in [-0.4, -0.2) is 35.7 Å². The standard InChI is InChI=1S/C21H24N2OS/c1-16-10-13-23(19-8-4-5-9-20(19)25-16)21(24)15-22-12-11-17-6-2-3-7-18(17)14-22/h2-9,16H,10-15H2,1H3/t16-/m0/s1. The van der Waals surface area contributed by atoms with Crippen molar-refractivity contribution in [3.05, 3.63) is 59.7 Å². The van der Waals surface area contributed by atoms with Gasteiger partial charge in [0.1, 0.15) is 0 Å². The average Bonchev–Trinajstić information content (AvgIpc) is 2.80. The van der Waals surface area contributed by atoms with Gasteiger partial charge in [-0.25, -0.2) is 0 Å². The summed E-state index contributed by atoms with van der Waals surface area (Å²) in [7, 11) is 0. The first-order valence-electron chi connectivity index (χ1n) is 9.06. The van der Waals surface area contributed by atoms with Crippen LogP contribution in [0.4, 0.5) is 5.69 Å². The van der Waals surface area contributed by atoms with Crippen LogP contribution < -0.4 is 4.90 Å². The first-order chi connectivity index (χ1) is 12.2. The summed E-state index contributed by atoms with van der Waals surface area (Å²) >= 11 is 1.88. The highest BCUT2D eigenvalue weighted by molar-refractivity contribution is 8.00. The first kappa shape index (κ1) is 16.7. The number of carbonyl (C=O) groups is 1. The minimum Gasteiger partial charge on any atom is -0.310 e. The monoisotopic (exact) mass is 352 g/mol. The van der Waals surface area contributed by atoms with E-state index in [1.807, 2.05) is 22.7 Å². The Kier molecular flexibility index (Phi) is 4.82. The number of fused-ring (bicyclic) bond motifs is 2. The molecule has 0 saturated heterocycles. The molecule has 2 heterocycles. The molecule has 2 aromatic rings. The summed E-state index contributed by atoms with van der Waals surface area (Å²) in [6.45, 7) is 5.40. The molecular weight excluding hydrogens is 328 g/mol. The van der Waals surface area contributed by atoms with Gasteiger partial charge >= 0.3 is 0 Å². The first-order valence-corrected chi connectivity index (χ1v) is 9.94. The van der Waals surface area contributed by atoms with Crippen molar-refractivity contribution in [2.75, 3.05) is 24.5 Å². The number of para-hydroxylation sites is 1. The van der Waals surface area contributed by atoms with Crippen molar-refractivity contribution in [3.63, 3.8) is 0 Å². The Morgan fingerprint density at radius 3 is 2.72 bits per heavy atom. The maximum Gasteiger partial charge on any atom is 0.241 e. The van der Waals surface area contributed by atoms with Crippen molar-refractivity contribution in [2.24, 2.45) is 0 Å². The number of thioether (sulfide) groups is 1. The summed E-state index contributed by atoms with van der Waals surface area (Å²) in [5, 5.41) is 0.542. The number of nitrogens with zero attached hydrogens (tertiary/aromatic N) is 2. The van der Waals surface area contributed by atoms with Crippen molar-refractivity contribution in [2.45, 2.75) is 36.5 Å². The predicted octanol–water partition coefficient (Wildman–Crippen LogP) is 3.96. The van der Waals surface area contributed by atoms with E-state index in [9.17, 15) is 4.79 Å².